The minimum Gasteiger partial charge on any atom is -0.342 e. The molecule has 2 rings (SSSR count). The van der Waals surface area contributed by atoms with Gasteiger partial charge in [0, 0.05) is 6.42 Å². The number of thiophene rings is 1. The van der Waals surface area contributed by atoms with Gasteiger partial charge in [0.2, 0.25) is 0 Å². The predicted octanol–water partition coefficient (Wildman–Crippen LogP) is 3.74. The first-order valence-corrected chi connectivity index (χ1v) is 6.14. The van der Waals surface area contributed by atoms with Crippen molar-refractivity contribution in [1.82, 2.24) is 9.97 Å². The third kappa shape index (κ3) is 2.16. The predicted molar refractivity (Wildman–Crippen MR) is 66.8 cm³/mol. The van der Waals surface area contributed by atoms with E-state index in [0.717, 1.165) is 17.9 Å². The van der Waals surface area contributed by atoms with Gasteiger partial charge in [-0.1, -0.05) is 19.1 Å². The van der Waals surface area contributed by atoms with Gasteiger partial charge in [0.15, 0.2) is 0 Å². The van der Waals surface area contributed by atoms with E-state index in [-0.39, 0.29) is 0 Å². The van der Waals surface area contributed by atoms with Crippen LogP contribution in [-0.2, 0) is 6.42 Å². The second-order valence-electron chi connectivity index (χ2n) is 3.37. The highest BCUT2D eigenvalue weighted by molar-refractivity contribution is 7.71. The highest BCUT2D eigenvalue weighted by Gasteiger charge is 2.05. The third-order valence-electron chi connectivity index (χ3n) is 2.23. The number of nitrogens with one attached hydrogen (secondary N) is 1. The average Bonchev–Trinajstić information content (AvgIpc) is 2.63. The number of nitrogens with zero attached hydrogens (tertiary/aromatic N) is 1. The summed E-state index contributed by atoms with van der Waals surface area (Å²) >= 11 is 6.87. The Kier molecular flexibility index (Phi) is 2.98. The summed E-state index contributed by atoms with van der Waals surface area (Å²) in [5, 5.41) is 2.09. The van der Waals surface area contributed by atoms with E-state index in [1.165, 1.54) is 10.4 Å². The summed E-state index contributed by atoms with van der Waals surface area (Å²) < 4.78 is 0.661. The SMILES string of the molecule is CCc1nc(=S)cc(-c2sccc2C)[nH]1. The van der Waals surface area contributed by atoms with Gasteiger partial charge in [-0.25, -0.2) is 4.98 Å². The third-order valence-corrected chi connectivity index (χ3v) is 3.49. The van der Waals surface area contributed by atoms with Crippen molar-refractivity contribution < 1.29 is 0 Å². The first-order valence-electron chi connectivity index (χ1n) is 4.85. The van der Waals surface area contributed by atoms with Gasteiger partial charge in [-0.2, -0.15) is 0 Å². The van der Waals surface area contributed by atoms with E-state index in [0.29, 0.717) is 4.64 Å². The molecule has 0 fully saturated rings. The van der Waals surface area contributed by atoms with Crippen molar-refractivity contribution in [3.05, 3.63) is 33.5 Å². The Bertz CT molecular complexity index is 525. The van der Waals surface area contributed by atoms with Gasteiger partial charge in [0.25, 0.3) is 0 Å². The summed E-state index contributed by atoms with van der Waals surface area (Å²) in [5.74, 6) is 0.949. The van der Waals surface area contributed by atoms with Crippen LogP contribution in [0.4, 0.5) is 0 Å². The fraction of sp³-hybridized carbons (Fsp3) is 0.273. The zero-order valence-electron chi connectivity index (χ0n) is 8.70. The zero-order chi connectivity index (χ0) is 10.8. The van der Waals surface area contributed by atoms with Crippen molar-refractivity contribution in [1.29, 1.82) is 0 Å². The van der Waals surface area contributed by atoms with E-state index < -0.39 is 0 Å². The smallest absolute Gasteiger partial charge is 0.130 e. The quantitative estimate of drug-likeness (QED) is 0.805. The number of aromatic amines is 1. The molecule has 4 heteroatoms. The molecular weight excluding hydrogens is 224 g/mol. The molecule has 2 heterocycles. The van der Waals surface area contributed by atoms with Crippen LogP contribution in [0.3, 0.4) is 0 Å². The maximum absolute atomic E-state index is 5.14. The fourth-order valence-corrected chi connectivity index (χ4v) is 2.57. The molecule has 0 aliphatic rings. The molecule has 78 valence electrons. The van der Waals surface area contributed by atoms with Crippen molar-refractivity contribution in [3.63, 3.8) is 0 Å². The van der Waals surface area contributed by atoms with Gasteiger partial charge in [0.1, 0.15) is 10.5 Å². The first kappa shape index (κ1) is 10.5. The van der Waals surface area contributed by atoms with Crippen molar-refractivity contribution in [3.8, 4) is 10.6 Å². The van der Waals surface area contributed by atoms with Gasteiger partial charge in [0.05, 0.1) is 10.6 Å². The van der Waals surface area contributed by atoms with Crippen LogP contribution < -0.4 is 0 Å². The van der Waals surface area contributed by atoms with E-state index in [2.05, 4.69) is 35.3 Å². The van der Waals surface area contributed by atoms with Crippen molar-refractivity contribution in [2.75, 3.05) is 0 Å². The molecule has 15 heavy (non-hydrogen) atoms. The van der Waals surface area contributed by atoms with Crippen LogP contribution in [0.25, 0.3) is 10.6 Å². The summed E-state index contributed by atoms with van der Waals surface area (Å²) in [7, 11) is 0. The topological polar surface area (TPSA) is 28.7 Å². The van der Waals surface area contributed by atoms with Crippen molar-refractivity contribution >= 4 is 23.6 Å². The molecule has 0 unspecified atom stereocenters. The molecule has 0 saturated carbocycles. The second kappa shape index (κ2) is 4.24. The lowest BCUT2D eigenvalue weighted by molar-refractivity contribution is 0.937. The Morgan fingerprint density at radius 3 is 2.93 bits per heavy atom. The molecule has 0 amide bonds. The van der Waals surface area contributed by atoms with E-state index in [4.69, 9.17) is 12.2 Å². The summed E-state index contributed by atoms with van der Waals surface area (Å²) in [4.78, 5) is 8.81. The fourth-order valence-electron chi connectivity index (χ4n) is 1.45. The standard InChI is InChI=1S/C11H12N2S2/c1-3-9-12-8(6-10(14)13-9)11-7(2)4-5-15-11/h4-6H,3H2,1-2H3,(H,12,13,14). The number of aryl methyl sites for hydroxylation is 2. The van der Waals surface area contributed by atoms with Crippen LogP contribution in [0, 0.1) is 11.6 Å². The lowest BCUT2D eigenvalue weighted by atomic mass is 10.2. The van der Waals surface area contributed by atoms with Gasteiger partial charge >= 0.3 is 0 Å². The molecule has 0 saturated heterocycles. The van der Waals surface area contributed by atoms with Crippen LogP contribution in [0.2, 0.25) is 0 Å². The van der Waals surface area contributed by atoms with E-state index >= 15 is 0 Å². The molecule has 0 aliphatic heterocycles. The lowest BCUT2D eigenvalue weighted by Crippen LogP contribution is -1.94. The molecule has 0 aromatic carbocycles. The molecular formula is C11H12N2S2. The number of hydrogen-bond acceptors (Lipinski definition) is 3. The maximum Gasteiger partial charge on any atom is 0.130 e. The molecule has 2 nitrogen and oxygen atoms in total. The van der Waals surface area contributed by atoms with E-state index in [1.54, 1.807) is 11.3 Å². The Labute approximate surface area is 98.0 Å². The van der Waals surface area contributed by atoms with Crippen LogP contribution in [0.5, 0.6) is 0 Å². The maximum atomic E-state index is 5.14. The minimum absolute atomic E-state index is 0.661. The summed E-state index contributed by atoms with van der Waals surface area (Å²) in [6.07, 6.45) is 0.877. The second-order valence-corrected chi connectivity index (χ2v) is 4.70. The van der Waals surface area contributed by atoms with Crippen molar-refractivity contribution in [2.24, 2.45) is 0 Å². The normalized spacial score (nSPS) is 10.5. The summed E-state index contributed by atoms with van der Waals surface area (Å²) in [6, 6.07) is 4.04. The van der Waals surface area contributed by atoms with Crippen LogP contribution >= 0.6 is 23.6 Å². The van der Waals surface area contributed by atoms with E-state index in [9.17, 15) is 0 Å². The Morgan fingerprint density at radius 1 is 1.53 bits per heavy atom. The molecule has 1 N–H and O–H groups in total. The molecule has 0 radical (unpaired) electrons. The molecule has 0 spiro atoms. The number of hydrogen-bond donors (Lipinski definition) is 1. The van der Waals surface area contributed by atoms with Gasteiger partial charge in [-0.15, -0.1) is 11.3 Å². The highest BCUT2D eigenvalue weighted by atomic mass is 32.1. The van der Waals surface area contributed by atoms with Gasteiger partial charge in [-0.3, -0.25) is 0 Å². The van der Waals surface area contributed by atoms with Crippen LogP contribution in [-0.4, -0.2) is 9.97 Å². The number of aromatic nitrogens is 2. The molecule has 0 atom stereocenters. The Hall–Kier alpha value is -1.00. The number of rotatable bonds is 2. The molecule has 0 aliphatic carbocycles. The monoisotopic (exact) mass is 236 g/mol. The van der Waals surface area contributed by atoms with Crippen molar-refractivity contribution in [2.45, 2.75) is 20.3 Å². The van der Waals surface area contributed by atoms with Gasteiger partial charge in [-0.05, 0) is 30.0 Å². The average molecular weight is 236 g/mol. The largest absolute Gasteiger partial charge is 0.342 e. The number of H-pyrrole nitrogens is 1. The first-order chi connectivity index (χ1) is 7.20. The zero-order valence-corrected chi connectivity index (χ0v) is 10.3. The Morgan fingerprint density at radius 2 is 2.33 bits per heavy atom. The summed E-state index contributed by atoms with van der Waals surface area (Å²) in [5.41, 5.74) is 2.36. The minimum atomic E-state index is 0.661. The summed E-state index contributed by atoms with van der Waals surface area (Å²) in [6.45, 7) is 4.17. The molecule has 0 bridgehead atoms. The van der Waals surface area contributed by atoms with Crippen LogP contribution in [0.15, 0.2) is 17.5 Å². The van der Waals surface area contributed by atoms with Gasteiger partial charge < -0.3 is 4.98 Å². The Balaban J connectivity index is 2.58. The molecule has 2 aromatic rings. The van der Waals surface area contributed by atoms with E-state index in [1.807, 2.05) is 6.07 Å². The lowest BCUT2D eigenvalue weighted by Gasteiger charge is -2.03. The molecule has 2 aromatic heterocycles. The highest BCUT2D eigenvalue weighted by Crippen LogP contribution is 2.27. The van der Waals surface area contributed by atoms with Crippen LogP contribution in [0.1, 0.15) is 18.3 Å².